The minimum Gasteiger partial charge on any atom is -0.373 e. The fourth-order valence-electron chi connectivity index (χ4n) is 2.43. The molecule has 0 spiro atoms. The van der Waals surface area contributed by atoms with Gasteiger partial charge < -0.3 is 15.2 Å². The molecule has 7 heteroatoms. The van der Waals surface area contributed by atoms with Crippen LogP contribution in [0.25, 0.3) is 0 Å². The average molecular weight is 311 g/mol. The number of halogens is 3. The number of amides is 1. The van der Waals surface area contributed by atoms with Crippen LogP contribution < -0.4 is 5.32 Å². The van der Waals surface area contributed by atoms with Crippen molar-refractivity contribution >= 4 is 5.91 Å². The Morgan fingerprint density at radius 1 is 1.29 bits per heavy atom. The first-order chi connectivity index (χ1) is 9.65. The Labute approximate surface area is 123 Å². The number of nitrogens with one attached hydrogen (secondary N) is 1. The summed E-state index contributed by atoms with van der Waals surface area (Å²) in [6, 6.07) is 0. The SMILES string of the molecule is CCCOC1(CNC(=O)C(C)(O)C(F)(F)F)CCCCC1. The molecule has 124 valence electrons. The van der Waals surface area contributed by atoms with Crippen LogP contribution in [0, 0.1) is 0 Å². The van der Waals surface area contributed by atoms with Gasteiger partial charge in [-0.25, -0.2) is 0 Å². The van der Waals surface area contributed by atoms with Crippen molar-refractivity contribution in [2.45, 2.75) is 69.8 Å². The molecule has 0 radical (unpaired) electrons. The largest absolute Gasteiger partial charge is 0.426 e. The standard InChI is InChI=1S/C14H24F3NO3/c1-3-9-21-13(7-5-4-6-8-13)10-18-11(19)12(2,20)14(15,16)17/h20H,3-10H2,1-2H3,(H,18,19). The Morgan fingerprint density at radius 3 is 2.33 bits per heavy atom. The molecule has 0 aromatic rings. The van der Waals surface area contributed by atoms with Crippen LogP contribution in [-0.4, -0.2) is 41.5 Å². The van der Waals surface area contributed by atoms with Crippen molar-refractivity contribution < 1.29 is 27.8 Å². The number of hydrogen-bond donors (Lipinski definition) is 2. The van der Waals surface area contributed by atoms with E-state index in [0.717, 1.165) is 25.7 Å². The zero-order chi connectivity index (χ0) is 16.1. The van der Waals surface area contributed by atoms with E-state index in [0.29, 0.717) is 26.4 Å². The summed E-state index contributed by atoms with van der Waals surface area (Å²) in [5.41, 5.74) is -3.99. The molecule has 1 fully saturated rings. The summed E-state index contributed by atoms with van der Waals surface area (Å²) in [5, 5.41) is 11.5. The highest BCUT2D eigenvalue weighted by Crippen LogP contribution is 2.33. The molecule has 1 rings (SSSR count). The first kappa shape index (κ1) is 18.2. The highest BCUT2D eigenvalue weighted by Gasteiger charge is 2.56. The van der Waals surface area contributed by atoms with Crippen LogP contribution >= 0.6 is 0 Å². The molecule has 4 nitrogen and oxygen atoms in total. The van der Waals surface area contributed by atoms with E-state index in [2.05, 4.69) is 5.32 Å². The molecule has 1 atom stereocenters. The van der Waals surface area contributed by atoms with E-state index >= 15 is 0 Å². The third-order valence-corrected chi connectivity index (χ3v) is 3.94. The molecule has 0 aromatic heterocycles. The summed E-state index contributed by atoms with van der Waals surface area (Å²) < 4.78 is 43.6. The minimum atomic E-state index is -5.00. The summed E-state index contributed by atoms with van der Waals surface area (Å²) in [4.78, 5) is 11.6. The number of aliphatic hydroxyl groups is 1. The average Bonchev–Trinajstić information content (AvgIpc) is 2.42. The summed E-state index contributed by atoms with van der Waals surface area (Å²) in [6.45, 7) is 2.91. The quantitative estimate of drug-likeness (QED) is 0.792. The molecule has 1 unspecified atom stereocenters. The Hall–Kier alpha value is -0.820. The van der Waals surface area contributed by atoms with Gasteiger partial charge in [-0.05, 0) is 26.2 Å². The lowest BCUT2D eigenvalue weighted by atomic mass is 9.84. The fourth-order valence-corrected chi connectivity index (χ4v) is 2.43. The van der Waals surface area contributed by atoms with Gasteiger partial charge in [0.25, 0.3) is 5.91 Å². The molecule has 1 aliphatic rings. The van der Waals surface area contributed by atoms with Gasteiger partial charge in [-0.2, -0.15) is 13.2 Å². The predicted octanol–water partition coefficient (Wildman–Crippen LogP) is 2.55. The summed E-state index contributed by atoms with van der Waals surface area (Å²) in [6.07, 6.45) is 0.135. The summed E-state index contributed by atoms with van der Waals surface area (Å²) >= 11 is 0. The van der Waals surface area contributed by atoms with Gasteiger partial charge in [-0.3, -0.25) is 4.79 Å². The molecule has 1 amide bonds. The van der Waals surface area contributed by atoms with Crippen LogP contribution in [-0.2, 0) is 9.53 Å². The predicted molar refractivity (Wildman–Crippen MR) is 71.7 cm³/mol. The maximum Gasteiger partial charge on any atom is 0.426 e. The Balaban J connectivity index is 2.66. The third-order valence-electron chi connectivity index (χ3n) is 3.94. The maximum atomic E-state index is 12.6. The molecule has 0 aromatic carbocycles. The van der Waals surface area contributed by atoms with Crippen LogP contribution in [0.2, 0.25) is 0 Å². The zero-order valence-electron chi connectivity index (χ0n) is 12.6. The Kier molecular flexibility index (Phi) is 6.04. The van der Waals surface area contributed by atoms with Crippen molar-refractivity contribution in [3.05, 3.63) is 0 Å². The molecule has 0 aliphatic heterocycles. The minimum absolute atomic E-state index is 0.00192. The second-order valence-corrected chi connectivity index (χ2v) is 5.84. The van der Waals surface area contributed by atoms with E-state index in [-0.39, 0.29) is 6.54 Å². The number of rotatable bonds is 6. The molecule has 2 N–H and O–H groups in total. The van der Waals surface area contributed by atoms with E-state index in [1.807, 2.05) is 6.92 Å². The Morgan fingerprint density at radius 2 is 1.86 bits per heavy atom. The molecule has 0 saturated heterocycles. The first-order valence-corrected chi connectivity index (χ1v) is 7.36. The highest BCUT2D eigenvalue weighted by molar-refractivity contribution is 5.85. The molecule has 0 bridgehead atoms. The van der Waals surface area contributed by atoms with Gasteiger partial charge in [-0.15, -0.1) is 0 Å². The van der Waals surface area contributed by atoms with Crippen LogP contribution in [0.1, 0.15) is 52.4 Å². The molecule has 0 heterocycles. The van der Waals surface area contributed by atoms with E-state index in [9.17, 15) is 23.1 Å². The lowest BCUT2D eigenvalue weighted by molar-refractivity contribution is -0.245. The van der Waals surface area contributed by atoms with E-state index < -0.39 is 23.3 Å². The van der Waals surface area contributed by atoms with Crippen LogP contribution in [0.5, 0.6) is 0 Å². The Bertz CT molecular complexity index is 350. The van der Waals surface area contributed by atoms with Crippen LogP contribution in [0.4, 0.5) is 13.2 Å². The van der Waals surface area contributed by atoms with E-state index in [1.54, 1.807) is 0 Å². The second kappa shape index (κ2) is 6.96. The van der Waals surface area contributed by atoms with Crippen molar-refractivity contribution in [1.82, 2.24) is 5.32 Å². The van der Waals surface area contributed by atoms with Gasteiger partial charge in [-0.1, -0.05) is 26.2 Å². The van der Waals surface area contributed by atoms with Crippen molar-refractivity contribution in [3.63, 3.8) is 0 Å². The normalized spacial score (nSPS) is 21.6. The van der Waals surface area contributed by atoms with Gasteiger partial charge >= 0.3 is 6.18 Å². The van der Waals surface area contributed by atoms with Gasteiger partial charge in [0.1, 0.15) is 0 Å². The third kappa shape index (κ3) is 4.57. The van der Waals surface area contributed by atoms with Gasteiger partial charge in [0, 0.05) is 13.2 Å². The summed E-state index contributed by atoms with van der Waals surface area (Å²) in [5.74, 6) is -1.43. The number of carbonyl (C=O) groups is 1. The molecule has 21 heavy (non-hydrogen) atoms. The van der Waals surface area contributed by atoms with Gasteiger partial charge in [0.05, 0.1) is 5.60 Å². The van der Waals surface area contributed by atoms with Crippen LogP contribution in [0.3, 0.4) is 0 Å². The first-order valence-electron chi connectivity index (χ1n) is 7.36. The van der Waals surface area contributed by atoms with E-state index in [4.69, 9.17) is 4.74 Å². The van der Waals surface area contributed by atoms with Crippen molar-refractivity contribution in [3.8, 4) is 0 Å². The topological polar surface area (TPSA) is 58.6 Å². The molecular weight excluding hydrogens is 287 g/mol. The maximum absolute atomic E-state index is 12.6. The van der Waals surface area contributed by atoms with Crippen molar-refractivity contribution in [2.75, 3.05) is 13.2 Å². The van der Waals surface area contributed by atoms with Gasteiger partial charge in [0.15, 0.2) is 0 Å². The van der Waals surface area contributed by atoms with Crippen molar-refractivity contribution in [1.29, 1.82) is 0 Å². The zero-order valence-corrected chi connectivity index (χ0v) is 12.6. The smallest absolute Gasteiger partial charge is 0.373 e. The molecule has 1 aliphatic carbocycles. The lowest BCUT2D eigenvalue weighted by Gasteiger charge is -2.38. The van der Waals surface area contributed by atoms with Crippen LogP contribution in [0.15, 0.2) is 0 Å². The molecule has 1 saturated carbocycles. The summed E-state index contributed by atoms with van der Waals surface area (Å²) in [7, 11) is 0. The number of ether oxygens (including phenoxy) is 1. The van der Waals surface area contributed by atoms with Gasteiger partial charge in [0.2, 0.25) is 5.60 Å². The fraction of sp³-hybridized carbons (Fsp3) is 0.929. The monoisotopic (exact) mass is 311 g/mol. The second-order valence-electron chi connectivity index (χ2n) is 5.84. The highest BCUT2D eigenvalue weighted by atomic mass is 19.4. The lowest BCUT2D eigenvalue weighted by Crippen LogP contribution is -2.57. The molecular formula is C14H24F3NO3. The number of alkyl halides is 3. The van der Waals surface area contributed by atoms with Crippen molar-refractivity contribution in [2.24, 2.45) is 0 Å². The van der Waals surface area contributed by atoms with E-state index in [1.165, 1.54) is 0 Å². The number of carbonyl (C=O) groups excluding carboxylic acids is 1. The number of hydrogen-bond acceptors (Lipinski definition) is 3.